The van der Waals surface area contributed by atoms with Gasteiger partial charge in [-0.3, -0.25) is 4.79 Å². The molecule has 0 bridgehead atoms. The van der Waals surface area contributed by atoms with Gasteiger partial charge < -0.3 is 24.8 Å². The quantitative estimate of drug-likeness (QED) is 0.660. The number of rotatable bonds is 4. The monoisotopic (exact) mass is 423 g/mol. The van der Waals surface area contributed by atoms with Gasteiger partial charge in [-0.25, -0.2) is 9.50 Å². The number of amides is 1. The molecule has 4 heterocycles. The molecule has 1 fully saturated rings. The number of aliphatic hydroxyl groups excluding tert-OH is 1. The van der Waals surface area contributed by atoms with Gasteiger partial charge in [0.2, 0.25) is 0 Å². The van der Waals surface area contributed by atoms with Gasteiger partial charge in [-0.05, 0) is 26.0 Å². The van der Waals surface area contributed by atoms with E-state index in [2.05, 4.69) is 20.3 Å². The molecule has 1 atom stereocenters. The maximum Gasteiger partial charge on any atom is 0.261 e. The lowest BCUT2D eigenvalue weighted by atomic mass is 9.97. The zero-order valence-corrected chi connectivity index (χ0v) is 17.6. The highest BCUT2D eigenvalue weighted by Crippen LogP contribution is 2.45. The molecule has 0 spiro atoms. The summed E-state index contributed by atoms with van der Waals surface area (Å²) in [5.74, 6) is 0.514. The van der Waals surface area contributed by atoms with Crippen LogP contribution in [-0.4, -0.2) is 64.1 Å². The third kappa shape index (κ3) is 3.39. The van der Waals surface area contributed by atoms with Gasteiger partial charge >= 0.3 is 0 Å². The molecule has 2 aromatic heterocycles. The van der Waals surface area contributed by atoms with Gasteiger partial charge in [0, 0.05) is 43.0 Å². The average molecular weight is 423 g/mol. The number of morpholine rings is 1. The van der Waals surface area contributed by atoms with Gasteiger partial charge in [0.15, 0.2) is 5.65 Å². The molecule has 162 valence electrons. The summed E-state index contributed by atoms with van der Waals surface area (Å²) >= 11 is 0. The molecule has 1 aromatic carbocycles. The number of nitrogens with one attached hydrogen (secondary N) is 1. The van der Waals surface area contributed by atoms with Crippen LogP contribution in [0.4, 0.5) is 11.4 Å². The molecule has 0 saturated carbocycles. The molecule has 2 aliphatic heterocycles. The van der Waals surface area contributed by atoms with Gasteiger partial charge in [-0.15, -0.1) is 0 Å². The topological polar surface area (TPSA) is 101 Å². The van der Waals surface area contributed by atoms with Gasteiger partial charge in [-0.2, -0.15) is 5.10 Å². The number of carbonyl (C=O) groups excluding carboxylic acids is 1. The summed E-state index contributed by atoms with van der Waals surface area (Å²) in [7, 11) is 0. The number of anilines is 2. The Morgan fingerprint density at radius 3 is 2.94 bits per heavy atom. The highest BCUT2D eigenvalue weighted by atomic mass is 16.5. The number of hydrogen-bond donors (Lipinski definition) is 2. The molecule has 2 aliphatic rings. The lowest BCUT2D eigenvalue weighted by Crippen LogP contribution is -2.37. The molecule has 5 rings (SSSR count). The Kier molecular flexibility index (Phi) is 4.79. The average Bonchev–Trinajstić information content (AvgIpc) is 3.36. The fourth-order valence-electron chi connectivity index (χ4n) is 4.37. The molecule has 2 N–H and O–H groups in total. The Hall–Kier alpha value is -3.17. The van der Waals surface area contributed by atoms with Crippen LogP contribution in [0.25, 0.3) is 5.65 Å². The molecular formula is C22H25N5O4. The van der Waals surface area contributed by atoms with E-state index >= 15 is 0 Å². The summed E-state index contributed by atoms with van der Waals surface area (Å²) in [6.45, 7) is 6.50. The van der Waals surface area contributed by atoms with Crippen molar-refractivity contribution in [3.05, 3.63) is 47.4 Å². The minimum atomic E-state index is -0.662. The van der Waals surface area contributed by atoms with Gasteiger partial charge in [0.05, 0.1) is 37.4 Å². The number of ether oxygens (including phenoxy) is 2. The first-order valence-corrected chi connectivity index (χ1v) is 10.4. The summed E-state index contributed by atoms with van der Waals surface area (Å²) in [6, 6.07) is 3.73. The summed E-state index contributed by atoms with van der Waals surface area (Å²) in [5.41, 5.74) is 3.80. The van der Waals surface area contributed by atoms with Crippen LogP contribution in [0.3, 0.4) is 0 Å². The lowest BCUT2D eigenvalue weighted by Gasteiger charge is -2.32. The van der Waals surface area contributed by atoms with Crippen molar-refractivity contribution in [3.63, 3.8) is 0 Å². The smallest absolute Gasteiger partial charge is 0.261 e. The second-order valence-corrected chi connectivity index (χ2v) is 8.27. The fraction of sp³-hybridized carbons (Fsp3) is 0.409. The normalized spacial score (nSPS) is 20.5. The van der Waals surface area contributed by atoms with Gasteiger partial charge in [0.1, 0.15) is 16.9 Å². The predicted octanol–water partition coefficient (Wildman–Crippen LogP) is 1.81. The van der Waals surface area contributed by atoms with Crippen LogP contribution in [0.5, 0.6) is 5.75 Å². The molecule has 9 nitrogen and oxygen atoms in total. The molecule has 0 unspecified atom stereocenters. The molecule has 1 amide bonds. The first-order valence-electron chi connectivity index (χ1n) is 10.4. The highest BCUT2D eigenvalue weighted by Gasteiger charge is 2.37. The van der Waals surface area contributed by atoms with E-state index in [1.807, 2.05) is 19.9 Å². The number of nitrogens with zero attached hydrogens (tertiary/aromatic N) is 4. The van der Waals surface area contributed by atoms with E-state index in [-0.39, 0.29) is 12.5 Å². The Morgan fingerprint density at radius 2 is 2.16 bits per heavy atom. The third-order valence-corrected chi connectivity index (χ3v) is 5.91. The second-order valence-electron chi connectivity index (χ2n) is 8.27. The standard InChI is InChI=1S/C22H25N5O4/c1-14-18(26-6-8-30-9-7-26)17(10-15-11-22(2,13-28)31-19(14)15)25-21(29)16-12-24-27-5-3-4-23-20(16)27/h3-5,10,12,28H,6-9,11,13H2,1-2H3,(H,25,29)/t22-/m0/s1. The van der Waals surface area contributed by atoms with Crippen molar-refractivity contribution in [3.8, 4) is 5.75 Å². The molecule has 0 aliphatic carbocycles. The first-order chi connectivity index (χ1) is 15.0. The maximum absolute atomic E-state index is 13.2. The first kappa shape index (κ1) is 19.8. The molecule has 9 heteroatoms. The van der Waals surface area contributed by atoms with E-state index in [4.69, 9.17) is 9.47 Å². The highest BCUT2D eigenvalue weighted by molar-refractivity contribution is 6.09. The second kappa shape index (κ2) is 7.51. The summed E-state index contributed by atoms with van der Waals surface area (Å²) in [6.07, 6.45) is 5.49. The molecular weight excluding hydrogens is 398 g/mol. The van der Waals surface area contributed by atoms with E-state index in [1.54, 1.807) is 23.0 Å². The fourth-order valence-corrected chi connectivity index (χ4v) is 4.37. The van der Waals surface area contributed by atoms with E-state index in [0.717, 1.165) is 35.7 Å². The van der Waals surface area contributed by atoms with Crippen LogP contribution in [0.15, 0.2) is 30.7 Å². The largest absolute Gasteiger partial charge is 0.484 e. The van der Waals surface area contributed by atoms with E-state index in [1.165, 1.54) is 6.20 Å². The van der Waals surface area contributed by atoms with Crippen molar-refractivity contribution in [2.45, 2.75) is 25.9 Å². The molecule has 3 aromatic rings. The Balaban J connectivity index is 1.56. The van der Waals surface area contributed by atoms with Crippen LogP contribution in [0.1, 0.15) is 28.4 Å². The third-order valence-electron chi connectivity index (χ3n) is 5.91. The van der Waals surface area contributed by atoms with Crippen LogP contribution < -0.4 is 15.0 Å². The minimum Gasteiger partial charge on any atom is -0.484 e. The van der Waals surface area contributed by atoms with E-state index in [0.29, 0.717) is 36.5 Å². The minimum absolute atomic E-state index is 0.0796. The number of aromatic nitrogens is 3. The van der Waals surface area contributed by atoms with Crippen molar-refractivity contribution in [2.75, 3.05) is 43.1 Å². The van der Waals surface area contributed by atoms with Crippen molar-refractivity contribution in [2.24, 2.45) is 0 Å². The molecule has 0 radical (unpaired) electrons. The number of benzene rings is 1. The summed E-state index contributed by atoms with van der Waals surface area (Å²) in [5, 5.41) is 17.1. The zero-order chi connectivity index (χ0) is 21.6. The van der Waals surface area contributed by atoms with Gasteiger partial charge in [0.25, 0.3) is 5.91 Å². The molecule has 31 heavy (non-hydrogen) atoms. The zero-order valence-electron chi connectivity index (χ0n) is 17.6. The molecule has 1 saturated heterocycles. The Bertz CT molecular complexity index is 1150. The van der Waals surface area contributed by atoms with Crippen molar-refractivity contribution >= 4 is 22.9 Å². The van der Waals surface area contributed by atoms with Crippen molar-refractivity contribution < 1.29 is 19.4 Å². The maximum atomic E-state index is 13.2. The van der Waals surface area contributed by atoms with Gasteiger partial charge in [-0.1, -0.05) is 0 Å². The number of carbonyl (C=O) groups is 1. The van der Waals surface area contributed by atoms with Crippen LogP contribution in [-0.2, 0) is 11.2 Å². The van der Waals surface area contributed by atoms with Crippen molar-refractivity contribution in [1.29, 1.82) is 0 Å². The van der Waals surface area contributed by atoms with Crippen LogP contribution >= 0.6 is 0 Å². The van der Waals surface area contributed by atoms with Crippen molar-refractivity contribution in [1.82, 2.24) is 14.6 Å². The Labute approximate surface area is 179 Å². The van der Waals surface area contributed by atoms with E-state index < -0.39 is 5.60 Å². The summed E-state index contributed by atoms with van der Waals surface area (Å²) in [4.78, 5) is 19.7. The van der Waals surface area contributed by atoms with Crippen LogP contribution in [0, 0.1) is 6.92 Å². The number of aliphatic hydroxyl groups is 1. The predicted molar refractivity (Wildman–Crippen MR) is 115 cm³/mol. The van der Waals surface area contributed by atoms with E-state index in [9.17, 15) is 9.90 Å². The van der Waals surface area contributed by atoms with Crippen LogP contribution in [0.2, 0.25) is 0 Å². The SMILES string of the molecule is Cc1c2c(cc(NC(=O)c3cnn4cccnc34)c1N1CCOCC1)C[C@@](C)(CO)O2. The number of fused-ring (bicyclic) bond motifs is 2. The summed E-state index contributed by atoms with van der Waals surface area (Å²) < 4.78 is 13.2. The number of hydrogen-bond acceptors (Lipinski definition) is 7. The Morgan fingerprint density at radius 1 is 1.35 bits per heavy atom. The lowest BCUT2D eigenvalue weighted by molar-refractivity contribution is 0.0442.